The Hall–Kier alpha value is -2.83. The zero-order valence-corrected chi connectivity index (χ0v) is 18.5. The van der Waals surface area contributed by atoms with Crippen LogP contribution in [0.3, 0.4) is 0 Å². The van der Waals surface area contributed by atoms with Gasteiger partial charge in [0.05, 0.1) is 11.1 Å². The van der Waals surface area contributed by atoms with Crippen LogP contribution in [0.15, 0.2) is 29.1 Å². The maximum atomic E-state index is 12.6. The lowest BCUT2D eigenvalue weighted by Crippen LogP contribution is -2.13. The molecule has 4 rings (SSSR count). The number of aromatic amines is 1. The summed E-state index contributed by atoms with van der Waals surface area (Å²) in [6.45, 7) is -0.00913. The number of thiophene rings is 1. The highest BCUT2D eigenvalue weighted by molar-refractivity contribution is 7.98. The van der Waals surface area contributed by atoms with Crippen LogP contribution in [0.2, 0.25) is 0 Å². The van der Waals surface area contributed by atoms with E-state index in [2.05, 4.69) is 15.3 Å². The van der Waals surface area contributed by atoms with E-state index in [-0.39, 0.29) is 18.1 Å². The second-order valence-corrected chi connectivity index (χ2v) is 9.41. The molecule has 0 spiro atoms. The number of carbonyl (C=O) groups excluding carboxylic acids is 1. The van der Waals surface area contributed by atoms with Gasteiger partial charge in [0.25, 0.3) is 5.56 Å². The topological polar surface area (TPSA) is 108 Å². The summed E-state index contributed by atoms with van der Waals surface area (Å²) in [5, 5.41) is 12.1. The van der Waals surface area contributed by atoms with Crippen molar-refractivity contribution < 1.29 is 9.53 Å². The summed E-state index contributed by atoms with van der Waals surface area (Å²) in [5.41, 5.74) is 1.83. The molecule has 160 valence electrons. The molecule has 9 heteroatoms. The number of hydrogen-bond donors (Lipinski definition) is 2. The summed E-state index contributed by atoms with van der Waals surface area (Å²) in [6.07, 6.45) is 4.69. The van der Waals surface area contributed by atoms with E-state index in [4.69, 9.17) is 10.00 Å². The van der Waals surface area contributed by atoms with Crippen molar-refractivity contribution in [1.29, 1.82) is 5.26 Å². The van der Waals surface area contributed by atoms with Gasteiger partial charge in [-0.25, -0.2) is 4.98 Å². The first-order valence-electron chi connectivity index (χ1n) is 10.1. The van der Waals surface area contributed by atoms with Crippen molar-refractivity contribution in [2.24, 2.45) is 0 Å². The maximum Gasteiger partial charge on any atom is 0.259 e. The molecule has 3 aromatic rings. The fourth-order valence-corrected chi connectivity index (χ4v) is 5.67. The van der Waals surface area contributed by atoms with Crippen LogP contribution in [0.1, 0.15) is 35.5 Å². The highest BCUT2D eigenvalue weighted by atomic mass is 32.2. The van der Waals surface area contributed by atoms with Gasteiger partial charge in [0.15, 0.2) is 6.61 Å². The quantitative estimate of drug-likeness (QED) is 0.498. The predicted molar refractivity (Wildman–Crippen MR) is 124 cm³/mol. The van der Waals surface area contributed by atoms with Gasteiger partial charge >= 0.3 is 0 Å². The highest BCUT2D eigenvalue weighted by Gasteiger charge is 2.19. The Balaban J connectivity index is 1.27. The van der Waals surface area contributed by atoms with Gasteiger partial charge in [0.1, 0.15) is 22.5 Å². The number of H-pyrrole nitrogens is 1. The van der Waals surface area contributed by atoms with Gasteiger partial charge in [0, 0.05) is 22.7 Å². The van der Waals surface area contributed by atoms with Crippen molar-refractivity contribution >= 4 is 44.9 Å². The summed E-state index contributed by atoms with van der Waals surface area (Å²) in [5.74, 6) is 2.35. The molecule has 0 saturated carbocycles. The molecule has 2 N–H and O–H groups in total. The number of anilines is 1. The average molecular weight is 455 g/mol. The van der Waals surface area contributed by atoms with Crippen molar-refractivity contribution in [2.45, 2.75) is 37.9 Å². The van der Waals surface area contributed by atoms with E-state index in [1.54, 1.807) is 47.4 Å². The van der Waals surface area contributed by atoms with Gasteiger partial charge in [-0.2, -0.15) is 17.0 Å². The van der Waals surface area contributed by atoms with E-state index >= 15 is 0 Å². The van der Waals surface area contributed by atoms with E-state index in [0.29, 0.717) is 35.2 Å². The third-order valence-electron chi connectivity index (χ3n) is 5.03. The first-order chi connectivity index (χ1) is 15.1. The number of hydrogen-bond acceptors (Lipinski definition) is 7. The Morgan fingerprint density at radius 1 is 1.29 bits per heavy atom. The Bertz CT molecular complexity index is 1180. The van der Waals surface area contributed by atoms with E-state index in [9.17, 15) is 9.59 Å². The highest BCUT2D eigenvalue weighted by Crippen LogP contribution is 2.33. The summed E-state index contributed by atoms with van der Waals surface area (Å²) >= 11 is 3.22. The van der Waals surface area contributed by atoms with Gasteiger partial charge in [-0.3, -0.25) is 9.59 Å². The third kappa shape index (κ3) is 5.27. The second kappa shape index (κ2) is 9.98. The fourth-order valence-electron chi connectivity index (χ4n) is 3.58. The SMILES string of the molecule is N#CCOc1ccc(NC(=O)CCSCc2nc3sc4c(c3c(=O)[nH]2)CCCC4)cc1. The standard InChI is InChI=1S/C22H22N4O3S2/c23-10-11-29-15-7-5-14(6-8-15)24-19(27)9-12-30-13-18-25-21(28)20-16-3-1-2-4-17(16)31-22(20)26-18/h5-8H,1-4,9,11-13H2,(H,24,27)(H,25,26,28). The Labute approximate surface area is 187 Å². The first kappa shape index (κ1) is 21.4. The summed E-state index contributed by atoms with van der Waals surface area (Å²) in [4.78, 5) is 34.5. The minimum atomic E-state index is -0.0824. The number of carbonyl (C=O) groups is 1. The van der Waals surface area contributed by atoms with Crippen molar-refractivity contribution in [1.82, 2.24) is 9.97 Å². The number of thioether (sulfide) groups is 1. The summed E-state index contributed by atoms with van der Waals surface area (Å²) in [6, 6.07) is 8.81. The molecule has 0 atom stereocenters. The van der Waals surface area contributed by atoms with Crippen molar-refractivity contribution in [2.75, 3.05) is 17.7 Å². The molecule has 1 amide bonds. The molecule has 1 aliphatic carbocycles. The minimum absolute atomic E-state index is 0.00913. The van der Waals surface area contributed by atoms with Crippen LogP contribution in [-0.4, -0.2) is 28.2 Å². The maximum absolute atomic E-state index is 12.6. The van der Waals surface area contributed by atoms with Crippen LogP contribution < -0.4 is 15.6 Å². The lowest BCUT2D eigenvalue weighted by molar-refractivity contribution is -0.115. The van der Waals surface area contributed by atoms with Gasteiger partial charge in [-0.15, -0.1) is 11.3 Å². The molecule has 1 aromatic carbocycles. The van der Waals surface area contributed by atoms with Gasteiger partial charge in [0.2, 0.25) is 5.91 Å². The fraction of sp³-hybridized carbons (Fsp3) is 0.364. The first-order valence-corrected chi connectivity index (χ1v) is 12.1. The molecule has 0 bridgehead atoms. The second-order valence-electron chi connectivity index (χ2n) is 7.23. The number of fused-ring (bicyclic) bond motifs is 3. The lowest BCUT2D eigenvalue weighted by Gasteiger charge is -2.09. The predicted octanol–water partition coefficient (Wildman–Crippen LogP) is 4.03. The number of ether oxygens (including phenoxy) is 1. The van der Waals surface area contributed by atoms with E-state index in [1.807, 2.05) is 6.07 Å². The normalized spacial score (nSPS) is 12.9. The Kier molecular flexibility index (Phi) is 6.89. The Morgan fingerprint density at radius 3 is 2.90 bits per heavy atom. The number of nitrogens with one attached hydrogen (secondary N) is 2. The monoisotopic (exact) mass is 454 g/mol. The number of rotatable bonds is 8. The molecule has 0 unspecified atom stereocenters. The summed E-state index contributed by atoms with van der Waals surface area (Å²) < 4.78 is 5.19. The smallest absolute Gasteiger partial charge is 0.259 e. The number of aryl methyl sites for hydroxylation is 2. The molecule has 0 fully saturated rings. The lowest BCUT2D eigenvalue weighted by atomic mass is 9.97. The van der Waals surface area contributed by atoms with Crippen molar-refractivity contribution in [3.8, 4) is 11.8 Å². The number of nitrogens with zero attached hydrogens (tertiary/aromatic N) is 2. The zero-order valence-electron chi connectivity index (χ0n) is 16.9. The van der Waals surface area contributed by atoms with Crippen LogP contribution in [0.4, 0.5) is 5.69 Å². The molecule has 7 nitrogen and oxygen atoms in total. The van der Waals surface area contributed by atoms with Crippen molar-refractivity contribution in [3.63, 3.8) is 0 Å². The molecule has 0 radical (unpaired) electrons. The molecule has 0 saturated heterocycles. The largest absolute Gasteiger partial charge is 0.479 e. The van der Waals surface area contributed by atoms with Crippen LogP contribution in [-0.2, 0) is 23.4 Å². The third-order valence-corrected chi connectivity index (χ3v) is 7.18. The number of nitriles is 1. The molecule has 2 heterocycles. The molecule has 0 aliphatic heterocycles. The van der Waals surface area contributed by atoms with Gasteiger partial charge in [-0.05, 0) is 55.5 Å². The number of aromatic nitrogens is 2. The number of amides is 1. The van der Waals surface area contributed by atoms with Crippen LogP contribution >= 0.6 is 23.1 Å². The Morgan fingerprint density at radius 2 is 2.10 bits per heavy atom. The minimum Gasteiger partial charge on any atom is -0.479 e. The average Bonchev–Trinajstić information content (AvgIpc) is 3.15. The van der Waals surface area contributed by atoms with E-state index in [1.165, 1.54) is 16.9 Å². The van der Waals surface area contributed by atoms with Crippen LogP contribution in [0, 0.1) is 11.3 Å². The van der Waals surface area contributed by atoms with E-state index < -0.39 is 0 Å². The van der Waals surface area contributed by atoms with Crippen LogP contribution in [0.25, 0.3) is 10.2 Å². The molecular weight excluding hydrogens is 432 g/mol. The molecule has 2 aromatic heterocycles. The molecule has 31 heavy (non-hydrogen) atoms. The molecular formula is C22H22N4O3S2. The summed E-state index contributed by atoms with van der Waals surface area (Å²) in [7, 11) is 0. The molecule has 1 aliphatic rings. The van der Waals surface area contributed by atoms with E-state index in [0.717, 1.165) is 29.5 Å². The van der Waals surface area contributed by atoms with Crippen molar-refractivity contribution in [3.05, 3.63) is 50.9 Å². The number of benzene rings is 1. The zero-order chi connectivity index (χ0) is 21.6. The van der Waals surface area contributed by atoms with Crippen LogP contribution in [0.5, 0.6) is 5.75 Å². The van der Waals surface area contributed by atoms with Gasteiger partial charge < -0.3 is 15.0 Å². The van der Waals surface area contributed by atoms with Gasteiger partial charge in [-0.1, -0.05) is 0 Å².